The molecule has 0 saturated heterocycles. The first-order valence-electron chi connectivity index (χ1n) is 8.26. The molecule has 3 heteroatoms. The highest BCUT2D eigenvalue weighted by Gasteiger charge is 2.38. The van der Waals surface area contributed by atoms with Crippen LogP contribution in [0.4, 0.5) is 0 Å². The molecule has 2 aliphatic rings. The molecule has 0 aromatic heterocycles. The summed E-state index contributed by atoms with van der Waals surface area (Å²) >= 11 is 0. The highest BCUT2D eigenvalue weighted by molar-refractivity contribution is 5.92. The lowest BCUT2D eigenvalue weighted by Crippen LogP contribution is -2.34. The summed E-state index contributed by atoms with van der Waals surface area (Å²) in [5.74, 6) is -0.226. The van der Waals surface area contributed by atoms with Crippen molar-refractivity contribution in [3.05, 3.63) is 58.4 Å². The molecule has 1 atom stereocenters. The SMILES string of the molecule is COC(=O)C1=C(C)NC2=C(CCC(C)(C)C2)C1c1ccccc1. The summed E-state index contributed by atoms with van der Waals surface area (Å²) in [7, 11) is 1.46. The third kappa shape index (κ3) is 2.92. The van der Waals surface area contributed by atoms with Crippen LogP contribution < -0.4 is 5.32 Å². The monoisotopic (exact) mass is 311 g/mol. The van der Waals surface area contributed by atoms with Crippen LogP contribution in [0.3, 0.4) is 0 Å². The first-order chi connectivity index (χ1) is 10.9. The number of ether oxygens (including phenoxy) is 1. The van der Waals surface area contributed by atoms with E-state index in [1.165, 1.54) is 23.9 Å². The molecule has 3 nitrogen and oxygen atoms in total. The number of methoxy groups -OCH3 is 1. The molecule has 0 spiro atoms. The predicted octanol–water partition coefficient (Wildman–Crippen LogP) is 4.28. The highest BCUT2D eigenvalue weighted by atomic mass is 16.5. The fraction of sp³-hybridized carbons (Fsp3) is 0.450. The summed E-state index contributed by atoms with van der Waals surface area (Å²) in [6, 6.07) is 10.3. The topological polar surface area (TPSA) is 38.3 Å². The van der Waals surface area contributed by atoms with E-state index in [1.807, 2.05) is 25.1 Å². The third-order valence-corrected chi connectivity index (χ3v) is 5.03. The number of nitrogens with one attached hydrogen (secondary N) is 1. The second kappa shape index (κ2) is 5.88. The van der Waals surface area contributed by atoms with Gasteiger partial charge in [-0.3, -0.25) is 0 Å². The molecule has 0 radical (unpaired) electrons. The Morgan fingerprint density at radius 2 is 1.96 bits per heavy atom. The zero-order valence-electron chi connectivity index (χ0n) is 14.4. The van der Waals surface area contributed by atoms with Crippen molar-refractivity contribution in [1.29, 1.82) is 0 Å². The summed E-state index contributed by atoms with van der Waals surface area (Å²) in [5, 5.41) is 3.50. The van der Waals surface area contributed by atoms with Gasteiger partial charge in [-0.2, -0.15) is 0 Å². The van der Waals surface area contributed by atoms with Crippen molar-refractivity contribution in [1.82, 2.24) is 5.32 Å². The van der Waals surface area contributed by atoms with Gasteiger partial charge in [0.1, 0.15) is 0 Å². The summed E-state index contributed by atoms with van der Waals surface area (Å²) < 4.78 is 5.07. The Morgan fingerprint density at radius 3 is 2.61 bits per heavy atom. The van der Waals surface area contributed by atoms with Gasteiger partial charge in [0.15, 0.2) is 0 Å². The Labute approximate surface area is 138 Å². The number of hydrogen-bond donors (Lipinski definition) is 1. The number of carbonyl (C=O) groups is 1. The Bertz CT molecular complexity index is 683. The van der Waals surface area contributed by atoms with Crippen LogP contribution in [0.25, 0.3) is 0 Å². The van der Waals surface area contributed by atoms with Crippen molar-refractivity contribution in [2.24, 2.45) is 5.41 Å². The first kappa shape index (κ1) is 15.9. The van der Waals surface area contributed by atoms with Gasteiger partial charge in [0.2, 0.25) is 0 Å². The van der Waals surface area contributed by atoms with E-state index in [9.17, 15) is 4.79 Å². The fourth-order valence-corrected chi connectivity index (χ4v) is 3.83. The maximum absolute atomic E-state index is 12.4. The molecule has 1 aliphatic carbocycles. The summed E-state index contributed by atoms with van der Waals surface area (Å²) in [6.07, 6.45) is 3.18. The molecule has 0 fully saturated rings. The van der Waals surface area contributed by atoms with Crippen molar-refractivity contribution < 1.29 is 9.53 Å². The number of carbonyl (C=O) groups excluding carboxylic acids is 1. The Balaban J connectivity index is 2.12. The number of dihydropyridines is 1. The zero-order chi connectivity index (χ0) is 16.6. The van der Waals surface area contributed by atoms with E-state index in [2.05, 4.69) is 31.3 Å². The molecule has 1 aromatic rings. The van der Waals surface area contributed by atoms with Gasteiger partial charge in [0.05, 0.1) is 12.7 Å². The lowest BCUT2D eigenvalue weighted by molar-refractivity contribution is -0.136. The minimum Gasteiger partial charge on any atom is -0.466 e. The molecule has 1 aromatic carbocycles. The largest absolute Gasteiger partial charge is 0.466 e. The number of hydrogen-bond acceptors (Lipinski definition) is 3. The third-order valence-electron chi connectivity index (χ3n) is 5.03. The lowest BCUT2D eigenvalue weighted by Gasteiger charge is -2.40. The predicted molar refractivity (Wildman–Crippen MR) is 91.7 cm³/mol. The molecule has 1 heterocycles. The van der Waals surface area contributed by atoms with Crippen LogP contribution in [0.1, 0.15) is 51.5 Å². The molecule has 0 amide bonds. The van der Waals surface area contributed by atoms with Crippen molar-refractivity contribution in [2.45, 2.75) is 46.0 Å². The van der Waals surface area contributed by atoms with Gasteiger partial charge in [-0.25, -0.2) is 4.79 Å². The molecule has 1 unspecified atom stereocenters. The van der Waals surface area contributed by atoms with Crippen molar-refractivity contribution in [2.75, 3.05) is 7.11 Å². The standard InChI is InChI=1S/C20H25NO2/c1-13-17(19(22)23-4)18(14-8-6-5-7-9-14)15-10-11-20(2,3)12-16(15)21-13/h5-9,18,21H,10-12H2,1-4H3. The van der Waals surface area contributed by atoms with Crippen LogP contribution in [0.15, 0.2) is 52.9 Å². The molecule has 0 bridgehead atoms. The van der Waals surface area contributed by atoms with E-state index < -0.39 is 0 Å². The Kier molecular flexibility index (Phi) is 4.05. The number of rotatable bonds is 2. The molecular weight excluding hydrogens is 286 g/mol. The van der Waals surface area contributed by atoms with Crippen LogP contribution in [-0.2, 0) is 9.53 Å². The van der Waals surface area contributed by atoms with Crippen molar-refractivity contribution in [3.63, 3.8) is 0 Å². The number of allylic oxidation sites excluding steroid dienone is 3. The van der Waals surface area contributed by atoms with E-state index >= 15 is 0 Å². The van der Waals surface area contributed by atoms with Gasteiger partial charge in [-0.1, -0.05) is 44.2 Å². The maximum atomic E-state index is 12.4. The molecule has 1 N–H and O–H groups in total. The maximum Gasteiger partial charge on any atom is 0.336 e. The number of benzene rings is 1. The summed E-state index contributed by atoms with van der Waals surface area (Å²) in [5.41, 5.74) is 5.78. The van der Waals surface area contributed by atoms with Gasteiger partial charge in [-0.15, -0.1) is 0 Å². The summed E-state index contributed by atoms with van der Waals surface area (Å²) in [6.45, 7) is 6.60. The molecule has 23 heavy (non-hydrogen) atoms. The number of esters is 1. The average Bonchev–Trinajstić information content (AvgIpc) is 2.52. The van der Waals surface area contributed by atoms with E-state index in [0.717, 1.165) is 30.5 Å². The Hall–Kier alpha value is -2.03. The average molecular weight is 311 g/mol. The highest BCUT2D eigenvalue weighted by Crippen LogP contribution is 2.48. The van der Waals surface area contributed by atoms with Crippen LogP contribution >= 0.6 is 0 Å². The van der Waals surface area contributed by atoms with E-state index in [4.69, 9.17) is 4.74 Å². The zero-order valence-corrected chi connectivity index (χ0v) is 14.4. The smallest absolute Gasteiger partial charge is 0.336 e. The van der Waals surface area contributed by atoms with Crippen LogP contribution in [0.5, 0.6) is 0 Å². The van der Waals surface area contributed by atoms with Gasteiger partial charge in [-0.05, 0) is 42.7 Å². The second-order valence-corrected chi connectivity index (χ2v) is 7.34. The van der Waals surface area contributed by atoms with Crippen molar-refractivity contribution in [3.8, 4) is 0 Å². The van der Waals surface area contributed by atoms with Crippen LogP contribution in [-0.4, -0.2) is 13.1 Å². The van der Waals surface area contributed by atoms with Gasteiger partial charge < -0.3 is 10.1 Å². The van der Waals surface area contributed by atoms with Gasteiger partial charge in [0.25, 0.3) is 0 Å². The minimum absolute atomic E-state index is 0.0102. The summed E-state index contributed by atoms with van der Waals surface area (Å²) in [4.78, 5) is 12.4. The fourth-order valence-electron chi connectivity index (χ4n) is 3.83. The minimum atomic E-state index is -0.236. The van der Waals surface area contributed by atoms with Gasteiger partial charge >= 0.3 is 5.97 Å². The molecule has 122 valence electrons. The van der Waals surface area contributed by atoms with Crippen LogP contribution in [0.2, 0.25) is 0 Å². The molecular formula is C20H25NO2. The molecule has 3 rings (SSSR count). The molecule has 1 aliphatic heterocycles. The van der Waals surface area contributed by atoms with E-state index in [-0.39, 0.29) is 11.9 Å². The second-order valence-electron chi connectivity index (χ2n) is 7.34. The molecule has 0 saturated carbocycles. The van der Waals surface area contributed by atoms with Crippen molar-refractivity contribution >= 4 is 5.97 Å². The normalized spacial score (nSPS) is 23.2. The van der Waals surface area contributed by atoms with Crippen LogP contribution in [0, 0.1) is 5.41 Å². The van der Waals surface area contributed by atoms with Gasteiger partial charge in [0, 0.05) is 17.3 Å². The van der Waals surface area contributed by atoms with E-state index in [1.54, 1.807) is 0 Å². The lowest BCUT2D eigenvalue weighted by atomic mass is 9.69. The quantitative estimate of drug-likeness (QED) is 0.828. The van der Waals surface area contributed by atoms with E-state index in [0.29, 0.717) is 5.41 Å². The first-order valence-corrected chi connectivity index (χ1v) is 8.26. The Morgan fingerprint density at radius 1 is 1.26 bits per heavy atom.